The molecule has 2 aromatic rings. The maximum atomic E-state index is 4.61. The lowest BCUT2D eigenvalue weighted by atomic mass is 9.81. The Morgan fingerprint density at radius 1 is 1.26 bits per heavy atom. The van der Waals surface area contributed by atoms with Crippen LogP contribution in [-0.4, -0.2) is 17.6 Å². The zero-order valence-corrected chi connectivity index (χ0v) is 11.6. The van der Waals surface area contributed by atoms with Crippen LogP contribution in [0.15, 0.2) is 36.5 Å². The van der Waals surface area contributed by atoms with Crippen LogP contribution < -0.4 is 5.32 Å². The van der Waals surface area contributed by atoms with Gasteiger partial charge in [-0.1, -0.05) is 31.5 Å². The number of fused-ring (bicyclic) bond motifs is 1. The van der Waals surface area contributed by atoms with Crippen molar-refractivity contribution < 1.29 is 0 Å². The van der Waals surface area contributed by atoms with Crippen molar-refractivity contribution >= 4 is 10.9 Å². The maximum Gasteiger partial charge on any atom is 0.0702 e. The fourth-order valence-corrected chi connectivity index (χ4v) is 3.28. The topological polar surface area (TPSA) is 24.9 Å². The minimum absolute atomic E-state index is 0.676. The molecular formula is C17H22N2. The summed E-state index contributed by atoms with van der Waals surface area (Å²) in [6.07, 6.45) is 7.30. The van der Waals surface area contributed by atoms with E-state index in [1.54, 1.807) is 0 Å². The summed E-state index contributed by atoms with van der Waals surface area (Å²) in [6, 6.07) is 11.4. The van der Waals surface area contributed by atoms with E-state index >= 15 is 0 Å². The third kappa shape index (κ3) is 2.79. The minimum Gasteiger partial charge on any atom is -0.314 e. The van der Waals surface area contributed by atoms with Gasteiger partial charge in [-0.15, -0.1) is 0 Å². The van der Waals surface area contributed by atoms with Gasteiger partial charge in [-0.2, -0.15) is 0 Å². The average Bonchev–Trinajstić information content (AvgIpc) is 2.47. The highest BCUT2D eigenvalue weighted by Gasteiger charge is 2.22. The van der Waals surface area contributed by atoms with Crippen LogP contribution in [0.3, 0.4) is 0 Å². The standard InChI is InChI=1S/C17H22N2/c1-2-18-16-8-5-7-13(11-16)15-10-14-6-3-4-9-17(14)19-12-15/h3-4,6,9-10,12-13,16,18H,2,5,7-8,11H2,1H3. The summed E-state index contributed by atoms with van der Waals surface area (Å²) in [5.41, 5.74) is 2.52. The number of para-hydroxylation sites is 1. The molecule has 1 aliphatic carbocycles. The molecule has 100 valence electrons. The highest BCUT2D eigenvalue weighted by Crippen LogP contribution is 2.33. The molecule has 1 aromatic carbocycles. The first-order chi connectivity index (χ1) is 9.36. The number of hydrogen-bond donors (Lipinski definition) is 1. The molecule has 19 heavy (non-hydrogen) atoms. The van der Waals surface area contributed by atoms with Gasteiger partial charge in [0.1, 0.15) is 0 Å². The second kappa shape index (κ2) is 5.70. The Labute approximate surface area is 115 Å². The minimum atomic E-state index is 0.676. The fraction of sp³-hybridized carbons (Fsp3) is 0.471. The van der Waals surface area contributed by atoms with Crippen molar-refractivity contribution in [3.63, 3.8) is 0 Å². The van der Waals surface area contributed by atoms with Crippen LogP contribution in [0.2, 0.25) is 0 Å². The van der Waals surface area contributed by atoms with Crippen LogP contribution in [0.5, 0.6) is 0 Å². The van der Waals surface area contributed by atoms with Gasteiger partial charge in [0.2, 0.25) is 0 Å². The highest BCUT2D eigenvalue weighted by atomic mass is 14.9. The lowest BCUT2D eigenvalue weighted by Crippen LogP contribution is -2.33. The summed E-state index contributed by atoms with van der Waals surface area (Å²) >= 11 is 0. The summed E-state index contributed by atoms with van der Waals surface area (Å²) in [7, 11) is 0. The molecule has 2 atom stereocenters. The third-order valence-corrected chi connectivity index (χ3v) is 4.25. The molecule has 1 aromatic heterocycles. The van der Waals surface area contributed by atoms with Crippen molar-refractivity contribution in [1.29, 1.82) is 0 Å². The van der Waals surface area contributed by atoms with Gasteiger partial charge in [-0.05, 0) is 49.4 Å². The van der Waals surface area contributed by atoms with Crippen LogP contribution in [0.25, 0.3) is 10.9 Å². The van der Waals surface area contributed by atoms with Crippen LogP contribution in [-0.2, 0) is 0 Å². The van der Waals surface area contributed by atoms with E-state index in [1.807, 2.05) is 0 Å². The second-order valence-corrected chi connectivity index (χ2v) is 5.58. The summed E-state index contributed by atoms with van der Waals surface area (Å²) in [5, 5.41) is 4.87. The van der Waals surface area contributed by atoms with Gasteiger partial charge in [-0.25, -0.2) is 0 Å². The molecule has 1 saturated carbocycles. The van der Waals surface area contributed by atoms with E-state index in [9.17, 15) is 0 Å². The van der Waals surface area contributed by atoms with E-state index in [0.29, 0.717) is 12.0 Å². The van der Waals surface area contributed by atoms with Gasteiger partial charge in [0.25, 0.3) is 0 Å². The predicted octanol–water partition coefficient (Wildman–Crippen LogP) is 3.87. The number of hydrogen-bond acceptors (Lipinski definition) is 2. The number of benzene rings is 1. The Morgan fingerprint density at radius 3 is 3.05 bits per heavy atom. The van der Waals surface area contributed by atoms with E-state index in [2.05, 4.69) is 53.8 Å². The quantitative estimate of drug-likeness (QED) is 0.899. The van der Waals surface area contributed by atoms with E-state index in [1.165, 1.54) is 36.6 Å². The molecule has 0 amide bonds. The SMILES string of the molecule is CCNC1CCCC(c2cnc3ccccc3c2)C1. The van der Waals surface area contributed by atoms with Crippen molar-refractivity contribution in [3.8, 4) is 0 Å². The molecule has 1 fully saturated rings. The van der Waals surface area contributed by atoms with Gasteiger partial charge in [-0.3, -0.25) is 4.98 Å². The molecule has 0 radical (unpaired) electrons. The summed E-state index contributed by atoms with van der Waals surface area (Å²) < 4.78 is 0. The highest BCUT2D eigenvalue weighted by molar-refractivity contribution is 5.78. The Balaban J connectivity index is 1.83. The Morgan fingerprint density at radius 2 is 2.16 bits per heavy atom. The van der Waals surface area contributed by atoms with E-state index in [4.69, 9.17) is 0 Å². The Kier molecular flexibility index (Phi) is 3.79. The number of nitrogens with one attached hydrogen (secondary N) is 1. The predicted molar refractivity (Wildman–Crippen MR) is 80.4 cm³/mol. The van der Waals surface area contributed by atoms with Crippen LogP contribution in [0.4, 0.5) is 0 Å². The molecule has 1 heterocycles. The Hall–Kier alpha value is -1.41. The van der Waals surface area contributed by atoms with E-state index in [0.717, 1.165) is 12.1 Å². The molecule has 1 N–H and O–H groups in total. The summed E-state index contributed by atoms with van der Waals surface area (Å²) in [6.45, 7) is 3.27. The first-order valence-electron chi connectivity index (χ1n) is 7.45. The van der Waals surface area contributed by atoms with Crippen molar-refractivity contribution in [2.75, 3.05) is 6.54 Å². The molecule has 3 rings (SSSR count). The lowest BCUT2D eigenvalue weighted by Gasteiger charge is -2.29. The maximum absolute atomic E-state index is 4.61. The molecule has 1 aliphatic rings. The molecule has 0 spiro atoms. The molecule has 2 heteroatoms. The molecule has 2 nitrogen and oxygen atoms in total. The second-order valence-electron chi connectivity index (χ2n) is 5.58. The van der Waals surface area contributed by atoms with Crippen molar-refractivity contribution in [3.05, 3.63) is 42.1 Å². The lowest BCUT2D eigenvalue weighted by molar-refractivity contribution is 0.344. The van der Waals surface area contributed by atoms with Gasteiger partial charge in [0.15, 0.2) is 0 Å². The fourth-order valence-electron chi connectivity index (χ4n) is 3.28. The summed E-state index contributed by atoms with van der Waals surface area (Å²) in [5.74, 6) is 0.676. The van der Waals surface area contributed by atoms with Crippen molar-refractivity contribution in [1.82, 2.24) is 10.3 Å². The van der Waals surface area contributed by atoms with Gasteiger partial charge < -0.3 is 5.32 Å². The molecule has 2 unspecified atom stereocenters. The molecule has 0 saturated heterocycles. The van der Waals surface area contributed by atoms with Gasteiger partial charge >= 0.3 is 0 Å². The third-order valence-electron chi connectivity index (χ3n) is 4.25. The molecule has 0 aliphatic heterocycles. The van der Waals surface area contributed by atoms with Gasteiger partial charge in [0, 0.05) is 17.6 Å². The molecule has 0 bridgehead atoms. The van der Waals surface area contributed by atoms with Crippen LogP contribution in [0.1, 0.15) is 44.1 Å². The number of aromatic nitrogens is 1. The van der Waals surface area contributed by atoms with Crippen LogP contribution in [0, 0.1) is 0 Å². The monoisotopic (exact) mass is 254 g/mol. The Bertz CT molecular complexity index is 548. The van der Waals surface area contributed by atoms with E-state index < -0.39 is 0 Å². The summed E-state index contributed by atoms with van der Waals surface area (Å²) in [4.78, 5) is 4.61. The van der Waals surface area contributed by atoms with Crippen molar-refractivity contribution in [2.45, 2.75) is 44.6 Å². The van der Waals surface area contributed by atoms with Crippen molar-refractivity contribution in [2.24, 2.45) is 0 Å². The van der Waals surface area contributed by atoms with Crippen LogP contribution >= 0.6 is 0 Å². The number of pyridine rings is 1. The number of nitrogens with zero attached hydrogens (tertiary/aromatic N) is 1. The van der Waals surface area contributed by atoms with E-state index in [-0.39, 0.29) is 0 Å². The smallest absolute Gasteiger partial charge is 0.0702 e. The normalized spacial score (nSPS) is 23.6. The zero-order chi connectivity index (χ0) is 13.1. The number of rotatable bonds is 3. The first-order valence-corrected chi connectivity index (χ1v) is 7.45. The largest absolute Gasteiger partial charge is 0.314 e. The average molecular weight is 254 g/mol. The van der Waals surface area contributed by atoms with Gasteiger partial charge in [0.05, 0.1) is 5.52 Å². The molecular weight excluding hydrogens is 232 g/mol. The first kappa shape index (κ1) is 12.6. The zero-order valence-electron chi connectivity index (χ0n) is 11.6.